The van der Waals surface area contributed by atoms with Crippen molar-refractivity contribution < 1.29 is 17.3 Å². The van der Waals surface area contributed by atoms with Crippen molar-refractivity contribution in [2.45, 2.75) is 24.7 Å². The van der Waals surface area contributed by atoms with Crippen molar-refractivity contribution in [1.29, 1.82) is 0 Å². The largest absolute Gasteiger partial charge is 0.493 e. The Morgan fingerprint density at radius 1 is 1.04 bits per heavy atom. The summed E-state index contributed by atoms with van der Waals surface area (Å²) in [5.74, 6) is 1.32. The number of hydrogen-bond donors (Lipinski definition) is 0. The molecule has 0 radical (unpaired) electrons. The Morgan fingerprint density at radius 3 is 2.46 bits per heavy atom. The van der Waals surface area contributed by atoms with E-state index in [1.54, 1.807) is 24.3 Å². The van der Waals surface area contributed by atoms with E-state index in [-0.39, 0.29) is 15.7 Å². The van der Waals surface area contributed by atoms with Gasteiger partial charge in [-0.05, 0) is 49.6 Å². The summed E-state index contributed by atoms with van der Waals surface area (Å²) in [6, 6.07) is 11.1. The molecule has 0 heterocycles. The number of alkyl halides is 1. The molecule has 4 nitrogen and oxygen atoms in total. The molecule has 0 aliphatic carbocycles. The van der Waals surface area contributed by atoms with E-state index in [4.69, 9.17) is 32.1 Å². The van der Waals surface area contributed by atoms with Crippen LogP contribution in [0.5, 0.6) is 11.5 Å². The standard InChI is InChI=1S/C17H18Cl2O4S/c1-13-10-14(22-9-5-4-8-18)12-15(11-13)23-24(20,21)17-7-3-2-6-16(17)19/h2-3,6-7,10-12H,4-5,8-9H2,1H3. The van der Waals surface area contributed by atoms with Gasteiger partial charge in [0.25, 0.3) is 0 Å². The molecule has 0 unspecified atom stereocenters. The van der Waals surface area contributed by atoms with Gasteiger partial charge >= 0.3 is 10.1 Å². The number of unbranched alkanes of at least 4 members (excludes halogenated alkanes) is 1. The lowest BCUT2D eigenvalue weighted by Gasteiger charge is -2.11. The molecular formula is C17H18Cl2O4S. The number of ether oxygens (including phenoxy) is 1. The van der Waals surface area contributed by atoms with Gasteiger partial charge in [-0.3, -0.25) is 0 Å². The van der Waals surface area contributed by atoms with Gasteiger partial charge in [0.1, 0.15) is 16.4 Å². The highest BCUT2D eigenvalue weighted by molar-refractivity contribution is 7.87. The summed E-state index contributed by atoms with van der Waals surface area (Å²) in [5, 5.41) is 0.114. The van der Waals surface area contributed by atoms with Crippen molar-refractivity contribution in [2.24, 2.45) is 0 Å². The second-order valence-corrected chi connectivity index (χ2v) is 7.49. The van der Waals surface area contributed by atoms with Crippen LogP contribution in [0.15, 0.2) is 47.4 Å². The molecule has 0 N–H and O–H groups in total. The summed E-state index contributed by atoms with van der Waals surface area (Å²) in [7, 11) is -4.01. The van der Waals surface area contributed by atoms with Crippen molar-refractivity contribution in [1.82, 2.24) is 0 Å². The van der Waals surface area contributed by atoms with Crippen molar-refractivity contribution in [3.05, 3.63) is 53.1 Å². The van der Waals surface area contributed by atoms with Crippen LogP contribution in [-0.2, 0) is 10.1 Å². The average molecular weight is 389 g/mol. The lowest BCUT2D eigenvalue weighted by molar-refractivity contribution is 0.308. The average Bonchev–Trinajstić information content (AvgIpc) is 2.51. The van der Waals surface area contributed by atoms with Crippen LogP contribution >= 0.6 is 23.2 Å². The third-order valence-electron chi connectivity index (χ3n) is 3.13. The fraction of sp³-hybridized carbons (Fsp3) is 0.294. The number of hydrogen-bond acceptors (Lipinski definition) is 4. The maximum absolute atomic E-state index is 12.4. The van der Waals surface area contributed by atoms with Crippen molar-refractivity contribution >= 4 is 33.3 Å². The Morgan fingerprint density at radius 2 is 1.75 bits per heavy atom. The minimum absolute atomic E-state index is 0.0715. The Bertz CT molecular complexity index is 791. The second-order valence-electron chi connectivity index (χ2n) is 5.19. The molecule has 0 aliphatic rings. The van der Waals surface area contributed by atoms with Crippen molar-refractivity contribution in [2.75, 3.05) is 12.5 Å². The van der Waals surface area contributed by atoms with Crippen molar-refractivity contribution in [3.63, 3.8) is 0 Å². The van der Waals surface area contributed by atoms with Crippen LogP contribution in [0.3, 0.4) is 0 Å². The Balaban J connectivity index is 2.17. The van der Waals surface area contributed by atoms with Gasteiger partial charge in [-0.2, -0.15) is 8.42 Å². The first-order chi connectivity index (χ1) is 11.4. The van der Waals surface area contributed by atoms with Crippen LogP contribution in [0.2, 0.25) is 5.02 Å². The molecule has 0 atom stereocenters. The molecule has 0 saturated heterocycles. The molecule has 7 heteroatoms. The minimum Gasteiger partial charge on any atom is -0.493 e. The maximum Gasteiger partial charge on any atom is 0.340 e. The van der Waals surface area contributed by atoms with Gasteiger partial charge in [0.15, 0.2) is 0 Å². The van der Waals surface area contributed by atoms with E-state index >= 15 is 0 Å². The molecule has 0 aliphatic heterocycles. The molecular weight excluding hydrogens is 371 g/mol. The zero-order valence-electron chi connectivity index (χ0n) is 13.2. The van der Waals surface area contributed by atoms with Crippen LogP contribution in [0.25, 0.3) is 0 Å². The van der Waals surface area contributed by atoms with E-state index in [2.05, 4.69) is 0 Å². The topological polar surface area (TPSA) is 52.6 Å². The highest BCUT2D eigenvalue weighted by atomic mass is 35.5. The number of rotatable bonds is 8. The minimum atomic E-state index is -4.01. The van der Waals surface area contributed by atoms with Crippen LogP contribution in [0.4, 0.5) is 0 Å². The summed E-state index contributed by atoms with van der Waals surface area (Å²) in [4.78, 5) is -0.0715. The van der Waals surface area contributed by atoms with E-state index in [0.29, 0.717) is 18.2 Å². The highest BCUT2D eigenvalue weighted by Crippen LogP contribution is 2.28. The molecule has 0 bridgehead atoms. The number of aryl methyl sites for hydroxylation is 1. The first-order valence-electron chi connectivity index (χ1n) is 7.42. The summed E-state index contributed by atoms with van der Waals surface area (Å²) in [6.07, 6.45) is 1.68. The molecule has 0 saturated carbocycles. The normalized spacial score (nSPS) is 11.3. The smallest absolute Gasteiger partial charge is 0.340 e. The van der Waals surface area contributed by atoms with Crippen LogP contribution < -0.4 is 8.92 Å². The van der Waals surface area contributed by atoms with Gasteiger partial charge < -0.3 is 8.92 Å². The first-order valence-corrected chi connectivity index (χ1v) is 9.74. The Kier molecular flexibility index (Phi) is 6.78. The molecule has 130 valence electrons. The second kappa shape index (κ2) is 8.60. The lowest BCUT2D eigenvalue weighted by atomic mass is 10.2. The predicted octanol–water partition coefficient (Wildman–Crippen LogP) is 4.81. The van der Waals surface area contributed by atoms with E-state index < -0.39 is 10.1 Å². The molecule has 0 aromatic heterocycles. The lowest BCUT2D eigenvalue weighted by Crippen LogP contribution is -2.10. The fourth-order valence-electron chi connectivity index (χ4n) is 2.05. The number of benzene rings is 2. The summed E-state index contributed by atoms with van der Waals surface area (Å²) < 4.78 is 35.6. The van der Waals surface area contributed by atoms with Crippen molar-refractivity contribution in [3.8, 4) is 11.5 Å². The van der Waals surface area contributed by atoms with Gasteiger partial charge in [-0.1, -0.05) is 23.7 Å². The van der Waals surface area contributed by atoms with E-state index in [0.717, 1.165) is 18.4 Å². The van der Waals surface area contributed by atoms with Crippen LogP contribution in [0.1, 0.15) is 18.4 Å². The molecule has 2 rings (SSSR count). The molecule has 2 aromatic rings. The third kappa shape index (κ3) is 5.30. The highest BCUT2D eigenvalue weighted by Gasteiger charge is 2.20. The van der Waals surface area contributed by atoms with E-state index in [9.17, 15) is 8.42 Å². The molecule has 24 heavy (non-hydrogen) atoms. The van der Waals surface area contributed by atoms with Gasteiger partial charge in [0.2, 0.25) is 0 Å². The van der Waals surface area contributed by atoms with E-state index in [1.807, 2.05) is 13.0 Å². The molecule has 0 fully saturated rings. The fourth-order valence-corrected chi connectivity index (χ4v) is 3.65. The summed E-state index contributed by atoms with van der Waals surface area (Å²) in [6.45, 7) is 2.34. The van der Waals surface area contributed by atoms with Crippen LogP contribution in [-0.4, -0.2) is 20.9 Å². The Labute approximate surface area is 152 Å². The van der Waals surface area contributed by atoms with Gasteiger partial charge in [0, 0.05) is 11.9 Å². The van der Waals surface area contributed by atoms with Gasteiger partial charge in [-0.15, -0.1) is 11.6 Å². The molecule has 2 aromatic carbocycles. The first kappa shape index (κ1) is 18.9. The number of halogens is 2. The monoisotopic (exact) mass is 388 g/mol. The van der Waals surface area contributed by atoms with Gasteiger partial charge in [-0.25, -0.2) is 0 Å². The van der Waals surface area contributed by atoms with Crippen LogP contribution in [0, 0.1) is 6.92 Å². The Hall–Kier alpha value is -1.43. The van der Waals surface area contributed by atoms with E-state index in [1.165, 1.54) is 12.1 Å². The molecule has 0 amide bonds. The summed E-state index contributed by atoms with van der Waals surface area (Å²) >= 11 is 11.6. The zero-order chi connectivity index (χ0) is 17.6. The van der Waals surface area contributed by atoms with Gasteiger partial charge in [0.05, 0.1) is 11.6 Å². The third-order valence-corrected chi connectivity index (χ3v) is 5.15. The maximum atomic E-state index is 12.4. The predicted molar refractivity (Wildman–Crippen MR) is 95.9 cm³/mol. The quantitative estimate of drug-likeness (QED) is 0.369. The summed E-state index contributed by atoms with van der Waals surface area (Å²) in [5.41, 5.74) is 0.828. The molecule has 0 spiro atoms. The zero-order valence-corrected chi connectivity index (χ0v) is 15.5. The SMILES string of the molecule is Cc1cc(OCCCCCl)cc(OS(=O)(=O)c2ccccc2Cl)c1.